The minimum absolute atomic E-state index is 0.153. The van der Waals surface area contributed by atoms with Crippen LogP contribution in [0.4, 0.5) is 5.69 Å². The van der Waals surface area contributed by atoms with Crippen molar-refractivity contribution in [3.05, 3.63) is 30.3 Å². The Morgan fingerprint density at radius 1 is 1.22 bits per heavy atom. The van der Waals surface area contributed by atoms with Crippen molar-refractivity contribution < 1.29 is 4.79 Å². The molecule has 1 aromatic rings. The van der Waals surface area contributed by atoms with Crippen molar-refractivity contribution >= 4 is 11.6 Å². The zero-order valence-electron chi connectivity index (χ0n) is 10.9. The average Bonchev–Trinajstić information content (AvgIpc) is 2.40. The molecule has 98 valence electrons. The van der Waals surface area contributed by atoms with Crippen LogP contribution in [-0.4, -0.2) is 11.9 Å². The topological polar surface area (TPSA) is 55.1 Å². The fourth-order valence-electron chi connectivity index (χ4n) is 2.67. The summed E-state index contributed by atoms with van der Waals surface area (Å²) in [5.74, 6) is 0.898. The van der Waals surface area contributed by atoms with Crippen LogP contribution in [0.15, 0.2) is 30.3 Å². The molecule has 0 aliphatic heterocycles. The van der Waals surface area contributed by atoms with E-state index >= 15 is 0 Å². The predicted molar refractivity (Wildman–Crippen MR) is 74.2 cm³/mol. The summed E-state index contributed by atoms with van der Waals surface area (Å²) in [5.41, 5.74) is 6.80. The van der Waals surface area contributed by atoms with Crippen LogP contribution < -0.4 is 11.1 Å². The third-order valence-corrected chi connectivity index (χ3v) is 3.93. The molecule has 1 aliphatic rings. The molecule has 0 heterocycles. The first-order valence-corrected chi connectivity index (χ1v) is 6.78. The molecule has 1 unspecified atom stereocenters. The quantitative estimate of drug-likeness (QED) is 0.861. The van der Waals surface area contributed by atoms with Crippen LogP contribution in [0.2, 0.25) is 0 Å². The van der Waals surface area contributed by atoms with Crippen LogP contribution in [0.1, 0.15) is 32.6 Å². The van der Waals surface area contributed by atoms with Crippen LogP contribution in [0.25, 0.3) is 0 Å². The Hall–Kier alpha value is -1.35. The molecule has 1 aromatic carbocycles. The van der Waals surface area contributed by atoms with Gasteiger partial charge in [0.1, 0.15) is 0 Å². The summed E-state index contributed by atoms with van der Waals surface area (Å²) in [7, 11) is 0. The van der Waals surface area contributed by atoms with Crippen molar-refractivity contribution in [1.82, 2.24) is 0 Å². The third kappa shape index (κ3) is 3.33. The monoisotopic (exact) mass is 246 g/mol. The number of hydrogen-bond donors (Lipinski definition) is 2. The van der Waals surface area contributed by atoms with E-state index in [1.165, 1.54) is 0 Å². The number of nitrogens with one attached hydrogen (secondary N) is 1. The van der Waals surface area contributed by atoms with Gasteiger partial charge in [-0.1, -0.05) is 18.2 Å². The van der Waals surface area contributed by atoms with E-state index in [-0.39, 0.29) is 17.9 Å². The number of rotatable bonds is 3. The van der Waals surface area contributed by atoms with Crippen LogP contribution in [0, 0.1) is 11.8 Å². The zero-order valence-corrected chi connectivity index (χ0v) is 10.9. The summed E-state index contributed by atoms with van der Waals surface area (Å²) in [5, 5.41) is 2.99. The Labute approximate surface area is 109 Å². The Kier molecular flexibility index (Phi) is 4.37. The Morgan fingerprint density at radius 2 is 1.83 bits per heavy atom. The summed E-state index contributed by atoms with van der Waals surface area (Å²) in [6.45, 7) is 2.06. The minimum Gasteiger partial charge on any atom is -0.328 e. The second-order valence-corrected chi connectivity index (χ2v) is 5.33. The standard InChI is InChI=1S/C15H22N2O/c1-11(16)12-7-9-13(10-8-12)15(18)17-14-5-3-2-4-6-14/h2-6,11-13H,7-10,16H2,1H3,(H,17,18)/t11?,12-,13-. The van der Waals surface area contributed by atoms with Gasteiger partial charge < -0.3 is 11.1 Å². The summed E-state index contributed by atoms with van der Waals surface area (Å²) >= 11 is 0. The molecule has 0 radical (unpaired) electrons. The van der Waals surface area contributed by atoms with Crippen LogP contribution in [-0.2, 0) is 4.79 Å². The molecular formula is C15H22N2O. The molecule has 1 amide bonds. The molecule has 1 atom stereocenters. The Morgan fingerprint density at radius 3 is 2.39 bits per heavy atom. The highest BCUT2D eigenvalue weighted by atomic mass is 16.1. The minimum atomic E-state index is 0.153. The molecule has 1 saturated carbocycles. The van der Waals surface area contributed by atoms with E-state index in [2.05, 4.69) is 12.2 Å². The SMILES string of the molecule is CC(N)[C@H]1CC[C@H](C(=O)Nc2ccccc2)CC1. The van der Waals surface area contributed by atoms with Gasteiger partial charge in [0.2, 0.25) is 5.91 Å². The van der Waals surface area contributed by atoms with E-state index in [0.717, 1.165) is 31.4 Å². The van der Waals surface area contributed by atoms with Crippen molar-refractivity contribution in [2.75, 3.05) is 5.32 Å². The number of hydrogen-bond acceptors (Lipinski definition) is 2. The largest absolute Gasteiger partial charge is 0.328 e. The average molecular weight is 246 g/mol. The van der Waals surface area contributed by atoms with E-state index in [9.17, 15) is 4.79 Å². The molecular weight excluding hydrogens is 224 g/mol. The molecule has 18 heavy (non-hydrogen) atoms. The van der Waals surface area contributed by atoms with Crippen molar-refractivity contribution in [2.24, 2.45) is 17.6 Å². The number of nitrogens with two attached hydrogens (primary N) is 1. The van der Waals surface area contributed by atoms with Gasteiger partial charge >= 0.3 is 0 Å². The van der Waals surface area contributed by atoms with E-state index < -0.39 is 0 Å². The zero-order chi connectivity index (χ0) is 13.0. The maximum Gasteiger partial charge on any atom is 0.227 e. The van der Waals surface area contributed by atoms with E-state index in [1.807, 2.05) is 30.3 Å². The molecule has 3 heteroatoms. The van der Waals surface area contributed by atoms with Gasteiger partial charge in [0.15, 0.2) is 0 Å². The molecule has 0 aromatic heterocycles. The lowest BCUT2D eigenvalue weighted by Crippen LogP contribution is -2.33. The van der Waals surface area contributed by atoms with Crippen LogP contribution in [0.3, 0.4) is 0 Å². The first-order chi connectivity index (χ1) is 8.66. The lowest BCUT2D eigenvalue weighted by Gasteiger charge is -2.29. The van der Waals surface area contributed by atoms with Crippen LogP contribution >= 0.6 is 0 Å². The van der Waals surface area contributed by atoms with E-state index in [4.69, 9.17) is 5.73 Å². The fraction of sp³-hybridized carbons (Fsp3) is 0.533. The number of carbonyl (C=O) groups is 1. The fourth-order valence-corrected chi connectivity index (χ4v) is 2.67. The summed E-state index contributed by atoms with van der Waals surface area (Å²) in [6.07, 6.45) is 4.07. The van der Waals surface area contributed by atoms with Gasteiger partial charge in [-0.3, -0.25) is 4.79 Å². The van der Waals surface area contributed by atoms with Gasteiger partial charge in [0.05, 0.1) is 0 Å². The molecule has 0 spiro atoms. The second-order valence-electron chi connectivity index (χ2n) is 5.33. The molecule has 2 rings (SSSR count). The number of benzene rings is 1. The van der Waals surface area contributed by atoms with E-state index in [1.54, 1.807) is 0 Å². The maximum atomic E-state index is 12.1. The lowest BCUT2D eigenvalue weighted by molar-refractivity contribution is -0.121. The van der Waals surface area contributed by atoms with Gasteiger partial charge in [-0.05, 0) is 50.7 Å². The molecule has 3 N–H and O–H groups in total. The van der Waals surface area contributed by atoms with Crippen molar-refractivity contribution in [2.45, 2.75) is 38.6 Å². The normalized spacial score (nSPS) is 25.4. The highest BCUT2D eigenvalue weighted by Gasteiger charge is 2.27. The third-order valence-electron chi connectivity index (χ3n) is 3.93. The predicted octanol–water partition coefficient (Wildman–Crippen LogP) is 2.78. The smallest absolute Gasteiger partial charge is 0.227 e. The highest BCUT2D eigenvalue weighted by Crippen LogP contribution is 2.30. The Bertz CT molecular complexity index is 381. The van der Waals surface area contributed by atoms with Crippen LogP contribution in [0.5, 0.6) is 0 Å². The first-order valence-electron chi connectivity index (χ1n) is 6.78. The first kappa shape index (κ1) is 13.1. The summed E-state index contributed by atoms with van der Waals surface area (Å²) < 4.78 is 0. The molecule has 0 saturated heterocycles. The number of carbonyl (C=O) groups excluding carboxylic acids is 1. The van der Waals surface area contributed by atoms with Gasteiger partial charge in [0, 0.05) is 17.6 Å². The summed E-state index contributed by atoms with van der Waals surface area (Å²) in [4.78, 5) is 12.1. The lowest BCUT2D eigenvalue weighted by atomic mass is 9.79. The molecule has 3 nitrogen and oxygen atoms in total. The van der Waals surface area contributed by atoms with Gasteiger partial charge in [-0.25, -0.2) is 0 Å². The number of amides is 1. The van der Waals surface area contributed by atoms with Gasteiger partial charge in [-0.2, -0.15) is 0 Å². The Balaban J connectivity index is 1.85. The van der Waals surface area contributed by atoms with E-state index in [0.29, 0.717) is 5.92 Å². The van der Waals surface area contributed by atoms with Crippen molar-refractivity contribution in [1.29, 1.82) is 0 Å². The van der Waals surface area contributed by atoms with Crippen molar-refractivity contribution in [3.63, 3.8) is 0 Å². The molecule has 0 bridgehead atoms. The van der Waals surface area contributed by atoms with Gasteiger partial charge in [0.25, 0.3) is 0 Å². The van der Waals surface area contributed by atoms with Crippen molar-refractivity contribution in [3.8, 4) is 0 Å². The highest BCUT2D eigenvalue weighted by molar-refractivity contribution is 5.92. The summed E-state index contributed by atoms with van der Waals surface area (Å²) in [6, 6.07) is 9.91. The molecule has 1 aliphatic carbocycles. The second kappa shape index (κ2) is 6.01. The number of anilines is 1. The maximum absolute atomic E-state index is 12.1. The molecule has 1 fully saturated rings. The number of para-hydroxylation sites is 1. The van der Waals surface area contributed by atoms with Gasteiger partial charge in [-0.15, -0.1) is 0 Å².